The van der Waals surface area contributed by atoms with E-state index < -0.39 is 11.7 Å². The van der Waals surface area contributed by atoms with Crippen LogP contribution in [0.4, 0.5) is 10.1 Å². The zero-order chi connectivity index (χ0) is 13.8. The third kappa shape index (κ3) is 2.79. The minimum Gasteiger partial charge on any atom is -0.507 e. The van der Waals surface area contributed by atoms with E-state index in [1.807, 2.05) is 0 Å². The number of carbonyl (C=O) groups excluding carboxylic acids is 1. The van der Waals surface area contributed by atoms with Crippen molar-refractivity contribution < 1.29 is 19.0 Å². The molecule has 98 valence electrons. The Hall–Kier alpha value is -2.63. The number of phenolic OH excluding ortho intramolecular Hbond substituents is 1. The number of ether oxygens (including phenoxy) is 1. The molecule has 6 heteroatoms. The molecule has 2 aromatic rings. The van der Waals surface area contributed by atoms with Gasteiger partial charge in [0.15, 0.2) is 5.82 Å². The number of anilines is 1. The Kier molecular flexibility index (Phi) is 3.61. The molecule has 0 aliphatic rings. The number of methoxy groups -OCH3 is 1. The zero-order valence-corrected chi connectivity index (χ0v) is 10.1. The van der Waals surface area contributed by atoms with Gasteiger partial charge in [0.2, 0.25) is 0 Å². The maximum Gasteiger partial charge on any atom is 0.259 e. The van der Waals surface area contributed by atoms with Crippen molar-refractivity contribution in [3.05, 3.63) is 48.0 Å². The number of benzene rings is 1. The van der Waals surface area contributed by atoms with Crippen LogP contribution in [-0.2, 0) is 0 Å². The fraction of sp³-hybridized carbons (Fsp3) is 0.0769. The highest BCUT2D eigenvalue weighted by atomic mass is 19.1. The fourth-order valence-electron chi connectivity index (χ4n) is 1.49. The first-order chi connectivity index (χ1) is 9.11. The Labute approximate surface area is 108 Å². The van der Waals surface area contributed by atoms with Crippen molar-refractivity contribution in [2.75, 3.05) is 12.4 Å². The third-order valence-corrected chi connectivity index (χ3v) is 2.47. The predicted molar refractivity (Wildman–Crippen MR) is 66.8 cm³/mol. The summed E-state index contributed by atoms with van der Waals surface area (Å²) < 4.78 is 18.3. The Bertz CT molecular complexity index is 617. The molecule has 0 atom stereocenters. The van der Waals surface area contributed by atoms with Crippen molar-refractivity contribution in [3.8, 4) is 11.5 Å². The molecule has 0 saturated heterocycles. The lowest BCUT2D eigenvalue weighted by Gasteiger charge is -2.08. The standard InChI is InChI=1S/C13H11FN2O3/c1-19-8-2-3-12(17)9(6-8)13(18)16-11-4-5-15-7-10(11)14/h2-7,17H,1H3,(H,15,16,18). The van der Waals surface area contributed by atoms with Crippen LogP contribution < -0.4 is 10.1 Å². The molecule has 1 aromatic carbocycles. The van der Waals surface area contributed by atoms with Crippen LogP contribution in [0.3, 0.4) is 0 Å². The Morgan fingerprint density at radius 1 is 1.42 bits per heavy atom. The maximum absolute atomic E-state index is 13.3. The van der Waals surface area contributed by atoms with E-state index in [9.17, 15) is 14.3 Å². The number of aromatic hydroxyl groups is 1. The lowest BCUT2D eigenvalue weighted by molar-refractivity contribution is 0.102. The molecule has 0 saturated carbocycles. The quantitative estimate of drug-likeness (QED) is 0.889. The summed E-state index contributed by atoms with van der Waals surface area (Å²) in [4.78, 5) is 15.5. The van der Waals surface area contributed by atoms with Crippen molar-refractivity contribution in [1.29, 1.82) is 0 Å². The second kappa shape index (κ2) is 5.34. The molecule has 0 aliphatic carbocycles. The number of amides is 1. The number of carbonyl (C=O) groups is 1. The van der Waals surface area contributed by atoms with E-state index >= 15 is 0 Å². The van der Waals surface area contributed by atoms with Crippen molar-refractivity contribution in [2.24, 2.45) is 0 Å². The van der Waals surface area contributed by atoms with E-state index in [1.54, 1.807) is 0 Å². The second-order valence-electron chi connectivity index (χ2n) is 3.69. The smallest absolute Gasteiger partial charge is 0.259 e. The molecular weight excluding hydrogens is 251 g/mol. The molecule has 1 amide bonds. The normalized spacial score (nSPS) is 10.0. The van der Waals surface area contributed by atoms with E-state index in [2.05, 4.69) is 10.3 Å². The highest BCUT2D eigenvalue weighted by molar-refractivity contribution is 6.06. The van der Waals surface area contributed by atoms with Crippen molar-refractivity contribution in [1.82, 2.24) is 4.98 Å². The molecule has 2 rings (SSSR count). The van der Waals surface area contributed by atoms with Gasteiger partial charge >= 0.3 is 0 Å². The summed E-state index contributed by atoms with van der Waals surface area (Å²) in [6, 6.07) is 5.53. The van der Waals surface area contributed by atoms with Crippen LogP contribution in [-0.4, -0.2) is 23.1 Å². The molecule has 2 N–H and O–H groups in total. The fourth-order valence-corrected chi connectivity index (χ4v) is 1.49. The van der Waals surface area contributed by atoms with Gasteiger partial charge in [-0.15, -0.1) is 0 Å². The largest absolute Gasteiger partial charge is 0.507 e. The van der Waals surface area contributed by atoms with Crippen LogP contribution in [0.5, 0.6) is 11.5 Å². The maximum atomic E-state index is 13.3. The van der Waals surface area contributed by atoms with Crippen LogP contribution in [0.25, 0.3) is 0 Å². The molecular formula is C13H11FN2O3. The number of rotatable bonds is 3. The van der Waals surface area contributed by atoms with E-state index in [0.29, 0.717) is 5.75 Å². The minimum absolute atomic E-state index is 0.00411. The number of aromatic nitrogens is 1. The van der Waals surface area contributed by atoms with Crippen molar-refractivity contribution >= 4 is 11.6 Å². The first-order valence-corrected chi connectivity index (χ1v) is 5.39. The van der Waals surface area contributed by atoms with Gasteiger partial charge in [0, 0.05) is 6.20 Å². The number of halogens is 1. The van der Waals surface area contributed by atoms with Gasteiger partial charge in [-0.05, 0) is 24.3 Å². The molecule has 0 aliphatic heterocycles. The summed E-state index contributed by atoms with van der Waals surface area (Å²) in [6.45, 7) is 0. The number of phenols is 1. The summed E-state index contributed by atoms with van der Waals surface area (Å²) in [5.74, 6) is -1.09. The average molecular weight is 262 g/mol. The third-order valence-electron chi connectivity index (χ3n) is 2.47. The van der Waals surface area contributed by atoms with Gasteiger partial charge in [-0.25, -0.2) is 4.39 Å². The Morgan fingerprint density at radius 3 is 2.89 bits per heavy atom. The lowest BCUT2D eigenvalue weighted by Crippen LogP contribution is -2.13. The van der Waals surface area contributed by atoms with Crippen molar-refractivity contribution in [3.63, 3.8) is 0 Å². The number of nitrogens with zero attached hydrogens (tertiary/aromatic N) is 1. The van der Waals surface area contributed by atoms with Crippen LogP contribution in [0.2, 0.25) is 0 Å². The van der Waals surface area contributed by atoms with E-state index in [0.717, 1.165) is 6.20 Å². The molecule has 0 unspecified atom stereocenters. The predicted octanol–water partition coefficient (Wildman–Crippen LogP) is 2.19. The second-order valence-corrected chi connectivity index (χ2v) is 3.69. The summed E-state index contributed by atoms with van der Waals surface area (Å²) in [5, 5.41) is 12.0. The number of hydrogen-bond donors (Lipinski definition) is 2. The van der Waals surface area contributed by atoms with Gasteiger partial charge in [-0.2, -0.15) is 0 Å². The van der Waals surface area contributed by atoms with Gasteiger partial charge in [-0.3, -0.25) is 9.78 Å². The van der Waals surface area contributed by atoms with Crippen LogP contribution in [0.15, 0.2) is 36.7 Å². The minimum atomic E-state index is -0.654. The number of nitrogens with one attached hydrogen (secondary N) is 1. The molecule has 0 bridgehead atoms. The summed E-state index contributed by atoms with van der Waals surface area (Å²) >= 11 is 0. The lowest BCUT2D eigenvalue weighted by atomic mass is 10.1. The molecule has 1 heterocycles. The highest BCUT2D eigenvalue weighted by Crippen LogP contribution is 2.24. The molecule has 0 radical (unpaired) electrons. The summed E-state index contributed by atoms with van der Waals surface area (Å²) in [7, 11) is 1.44. The Balaban J connectivity index is 2.28. The number of pyridine rings is 1. The van der Waals surface area contributed by atoms with E-state index in [-0.39, 0.29) is 17.0 Å². The highest BCUT2D eigenvalue weighted by Gasteiger charge is 2.14. The average Bonchev–Trinajstić information content (AvgIpc) is 2.42. The molecule has 5 nitrogen and oxygen atoms in total. The van der Waals surface area contributed by atoms with Gasteiger partial charge in [-0.1, -0.05) is 0 Å². The van der Waals surface area contributed by atoms with E-state index in [4.69, 9.17) is 4.74 Å². The van der Waals surface area contributed by atoms with Crippen LogP contribution >= 0.6 is 0 Å². The van der Waals surface area contributed by atoms with E-state index in [1.165, 1.54) is 37.6 Å². The molecule has 1 aromatic heterocycles. The summed E-state index contributed by atoms with van der Waals surface area (Å²) in [5.41, 5.74) is -0.0159. The van der Waals surface area contributed by atoms with Crippen molar-refractivity contribution in [2.45, 2.75) is 0 Å². The van der Waals surface area contributed by atoms with Crippen LogP contribution in [0.1, 0.15) is 10.4 Å². The molecule has 0 fully saturated rings. The topological polar surface area (TPSA) is 71.5 Å². The summed E-state index contributed by atoms with van der Waals surface area (Å²) in [6.07, 6.45) is 2.34. The van der Waals surface area contributed by atoms with Gasteiger partial charge in [0.1, 0.15) is 11.5 Å². The van der Waals surface area contributed by atoms with Gasteiger partial charge in [0.05, 0.1) is 24.6 Å². The van der Waals surface area contributed by atoms with Gasteiger partial charge in [0.25, 0.3) is 5.91 Å². The SMILES string of the molecule is COc1ccc(O)c(C(=O)Nc2ccncc2F)c1. The monoisotopic (exact) mass is 262 g/mol. The van der Waals surface area contributed by atoms with Crippen LogP contribution in [0, 0.1) is 5.82 Å². The molecule has 19 heavy (non-hydrogen) atoms. The van der Waals surface area contributed by atoms with Gasteiger partial charge < -0.3 is 15.2 Å². The first-order valence-electron chi connectivity index (χ1n) is 5.39. The number of hydrogen-bond acceptors (Lipinski definition) is 4. The first kappa shape index (κ1) is 12.8. The zero-order valence-electron chi connectivity index (χ0n) is 10.1. The Morgan fingerprint density at radius 2 is 2.21 bits per heavy atom. The molecule has 0 spiro atoms.